The van der Waals surface area contributed by atoms with Gasteiger partial charge in [0.05, 0.1) is 0 Å². The number of hydrogen-bond acceptors (Lipinski definition) is 3. The van der Waals surface area contributed by atoms with Crippen molar-refractivity contribution >= 4 is 0 Å². The Morgan fingerprint density at radius 2 is 2.00 bits per heavy atom. The highest BCUT2D eigenvalue weighted by Gasteiger charge is 2.07. The third kappa shape index (κ3) is 2.96. The summed E-state index contributed by atoms with van der Waals surface area (Å²) in [6.07, 6.45) is 4.48. The zero-order valence-electron chi connectivity index (χ0n) is 13.3. The second-order valence-corrected chi connectivity index (χ2v) is 5.77. The third-order valence-electron chi connectivity index (χ3n) is 3.87. The predicted octanol–water partition coefficient (Wildman–Crippen LogP) is 3.76. The van der Waals surface area contributed by atoms with E-state index in [-0.39, 0.29) is 0 Å². The molecule has 3 heterocycles. The predicted molar refractivity (Wildman–Crippen MR) is 93.4 cm³/mol. The van der Waals surface area contributed by atoms with Crippen LogP contribution in [0.25, 0.3) is 22.8 Å². The summed E-state index contributed by atoms with van der Waals surface area (Å²) in [5.74, 6) is 0.650. The molecular weight excluding hydrogens is 298 g/mol. The van der Waals surface area contributed by atoms with Crippen LogP contribution < -0.4 is 0 Å². The first-order chi connectivity index (χ1) is 11.8. The number of aryl methyl sites for hydroxylation is 1. The minimum absolute atomic E-state index is 0.650. The molecule has 0 atom stereocenters. The minimum atomic E-state index is 0.650. The highest BCUT2D eigenvalue weighted by molar-refractivity contribution is 5.60. The van der Waals surface area contributed by atoms with Crippen molar-refractivity contribution in [1.29, 1.82) is 0 Å². The van der Waals surface area contributed by atoms with Crippen LogP contribution in [0.2, 0.25) is 0 Å². The second kappa shape index (κ2) is 6.12. The normalized spacial score (nSPS) is 10.9. The summed E-state index contributed by atoms with van der Waals surface area (Å²) < 4.78 is 0. The molecule has 0 fully saturated rings. The molecule has 0 bridgehead atoms. The van der Waals surface area contributed by atoms with Gasteiger partial charge < -0.3 is 4.98 Å². The van der Waals surface area contributed by atoms with Gasteiger partial charge in [-0.1, -0.05) is 18.2 Å². The van der Waals surface area contributed by atoms with Crippen LogP contribution >= 0.6 is 0 Å². The van der Waals surface area contributed by atoms with Crippen LogP contribution in [0.3, 0.4) is 0 Å². The molecule has 3 aromatic heterocycles. The molecule has 0 spiro atoms. The van der Waals surface area contributed by atoms with E-state index in [1.807, 2.05) is 31.3 Å². The minimum Gasteiger partial charge on any atom is -0.361 e. The summed E-state index contributed by atoms with van der Waals surface area (Å²) >= 11 is 0. The first-order valence-electron chi connectivity index (χ1n) is 7.85. The first kappa shape index (κ1) is 14.4. The Kier molecular flexibility index (Phi) is 3.67. The smallest absolute Gasteiger partial charge is 0.180 e. The fraction of sp³-hybridized carbons (Fsp3) is 0.105. The Hall–Kier alpha value is -3.21. The van der Waals surface area contributed by atoms with Gasteiger partial charge in [0.1, 0.15) is 5.69 Å². The molecule has 0 amide bonds. The number of rotatable bonds is 4. The van der Waals surface area contributed by atoms with Gasteiger partial charge in [-0.3, -0.25) is 5.10 Å². The van der Waals surface area contributed by atoms with Crippen molar-refractivity contribution in [3.63, 3.8) is 0 Å². The van der Waals surface area contributed by atoms with E-state index >= 15 is 0 Å². The zero-order chi connectivity index (χ0) is 16.4. The summed E-state index contributed by atoms with van der Waals surface area (Å²) in [7, 11) is 0. The van der Waals surface area contributed by atoms with E-state index < -0.39 is 0 Å². The van der Waals surface area contributed by atoms with Crippen molar-refractivity contribution in [2.75, 3.05) is 0 Å². The molecule has 0 radical (unpaired) electrons. The monoisotopic (exact) mass is 315 g/mol. The van der Waals surface area contributed by atoms with Crippen LogP contribution in [0, 0.1) is 6.92 Å². The van der Waals surface area contributed by atoms with Crippen LogP contribution in [-0.4, -0.2) is 25.1 Å². The molecule has 4 aromatic rings. The summed E-state index contributed by atoms with van der Waals surface area (Å²) in [4.78, 5) is 12.2. The molecule has 2 N–H and O–H groups in total. The van der Waals surface area contributed by atoms with Crippen LogP contribution in [0.1, 0.15) is 17.0 Å². The lowest BCUT2D eigenvalue weighted by Crippen LogP contribution is -1.97. The van der Waals surface area contributed by atoms with Gasteiger partial charge >= 0.3 is 0 Å². The number of nitrogens with one attached hydrogen (secondary N) is 2. The molecule has 118 valence electrons. The Morgan fingerprint density at radius 3 is 2.79 bits per heavy atom. The Bertz CT molecular complexity index is 953. The summed E-state index contributed by atoms with van der Waals surface area (Å²) in [5.41, 5.74) is 6.25. The van der Waals surface area contributed by atoms with Gasteiger partial charge in [-0.15, -0.1) is 0 Å². The van der Waals surface area contributed by atoms with Gasteiger partial charge in [-0.05, 0) is 48.4 Å². The molecule has 0 aliphatic rings. The van der Waals surface area contributed by atoms with Gasteiger partial charge in [0.25, 0.3) is 0 Å². The van der Waals surface area contributed by atoms with E-state index in [4.69, 9.17) is 0 Å². The molecule has 4 rings (SSSR count). The molecule has 0 saturated carbocycles. The van der Waals surface area contributed by atoms with Gasteiger partial charge in [0.15, 0.2) is 5.82 Å². The van der Waals surface area contributed by atoms with Crippen molar-refractivity contribution in [3.05, 3.63) is 77.9 Å². The van der Waals surface area contributed by atoms with E-state index in [0.29, 0.717) is 5.82 Å². The van der Waals surface area contributed by atoms with Crippen molar-refractivity contribution in [1.82, 2.24) is 25.1 Å². The van der Waals surface area contributed by atoms with Gasteiger partial charge in [0.2, 0.25) is 0 Å². The van der Waals surface area contributed by atoms with E-state index in [1.165, 1.54) is 11.1 Å². The van der Waals surface area contributed by atoms with Crippen LogP contribution in [-0.2, 0) is 6.42 Å². The largest absolute Gasteiger partial charge is 0.361 e. The van der Waals surface area contributed by atoms with Crippen LogP contribution in [0.5, 0.6) is 0 Å². The van der Waals surface area contributed by atoms with Gasteiger partial charge in [0, 0.05) is 35.9 Å². The highest BCUT2D eigenvalue weighted by Crippen LogP contribution is 2.20. The number of aromatic nitrogens is 5. The van der Waals surface area contributed by atoms with Crippen molar-refractivity contribution in [2.24, 2.45) is 0 Å². The molecule has 0 aliphatic carbocycles. The van der Waals surface area contributed by atoms with E-state index in [0.717, 1.165) is 29.2 Å². The maximum absolute atomic E-state index is 4.64. The lowest BCUT2D eigenvalue weighted by atomic mass is 10.0. The molecule has 5 heteroatoms. The molecule has 0 unspecified atom stereocenters. The Balaban J connectivity index is 1.61. The molecule has 5 nitrogen and oxygen atoms in total. The number of hydrogen-bond donors (Lipinski definition) is 2. The third-order valence-corrected chi connectivity index (χ3v) is 3.87. The number of benzene rings is 1. The second-order valence-electron chi connectivity index (χ2n) is 5.77. The van der Waals surface area contributed by atoms with E-state index in [9.17, 15) is 0 Å². The summed E-state index contributed by atoms with van der Waals surface area (Å²) in [6.45, 7) is 1.96. The van der Waals surface area contributed by atoms with Crippen LogP contribution in [0.15, 0.2) is 60.9 Å². The average Bonchev–Trinajstić information content (AvgIpc) is 3.27. The summed E-state index contributed by atoms with van der Waals surface area (Å²) in [5, 5.41) is 7.15. The molecule has 1 aromatic carbocycles. The zero-order valence-corrected chi connectivity index (χ0v) is 13.3. The fourth-order valence-corrected chi connectivity index (χ4v) is 2.72. The maximum atomic E-state index is 4.64. The van der Waals surface area contributed by atoms with Crippen molar-refractivity contribution in [2.45, 2.75) is 13.3 Å². The lowest BCUT2D eigenvalue weighted by molar-refractivity contribution is 1.00. The number of H-pyrrole nitrogens is 2. The lowest BCUT2D eigenvalue weighted by Gasteiger charge is -2.05. The fourth-order valence-electron chi connectivity index (χ4n) is 2.72. The quantitative estimate of drug-likeness (QED) is 0.602. The maximum Gasteiger partial charge on any atom is 0.180 e. The first-order valence-corrected chi connectivity index (χ1v) is 7.85. The topological polar surface area (TPSA) is 70.2 Å². The van der Waals surface area contributed by atoms with Crippen LogP contribution in [0.4, 0.5) is 0 Å². The van der Waals surface area contributed by atoms with Crippen molar-refractivity contribution < 1.29 is 0 Å². The molecule has 0 saturated heterocycles. The Labute approximate surface area is 139 Å². The van der Waals surface area contributed by atoms with Crippen molar-refractivity contribution in [3.8, 4) is 22.8 Å². The molecular formula is C19H17N5. The molecule has 0 aliphatic heterocycles. The number of nitrogens with zero attached hydrogens (tertiary/aromatic N) is 3. The average molecular weight is 315 g/mol. The van der Waals surface area contributed by atoms with Gasteiger partial charge in [-0.25, -0.2) is 9.97 Å². The SMILES string of the molecule is Cc1cc(-c2nccc(Cc3cccc(-c4ccc[nH]4)c3)n2)n[nH]1. The highest BCUT2D eigenvalue weighted by atomic mass is 15.1. The summed E-state index contributed by atoms with van der Waals surface area (Å²) in [6, 6.07) is 16.5. The molecule has 24 heavy (non-hydrogen) atoms. The van der Waals surface area contributed by atoms with E-state index in [2.05, 4.69) is 55.5 Å². The Morgan fingerprint density at radius 1 is 1.04 bits per heavy atom. The van der Waals surface area contributed by atoms with E-state index in [1.54, 1.807) is 6.20 Å². The van der Waals surface area contributed by atoms with Gasteiger partial charge in [-0.2, -0.15) is 5.10 Å². The number of aromatic amines is 2. The standard InChI is InChI=1S/C19H17N5/c1-13-10-18(24-23-13)19-21-9-7-16(22-19)12-14-4-2-5-15(11-14)17-6-3-8-20-17/h2-11,20H,12H2,1H3,(H,23,24).